The topological polar surface area (TPSA) is 39.2 Å². The van der Waals surface area contributed by atoms with Crippen molar-refractivity contribution in [3.8, 4) is 0 Å². The Morgan fingerprint density at radius 1 is 1.41 bits per heavy atom. The summed E-state index contributed by atoms with van der Waals surface area (Å²) in [6.45, 7) is 6.24. The molecule has 0 bridgehead atoms. The molecule has 0 unspecified atom stereocenters. The van der Waals surface area contributed by atoms with Gasteiger partial charge in [0.25, 0.3) is 0 Å². The van der Waals surface area contributed by atoms with Crippen LogP contribution in [0.3, 0.4) is 0 Å². The van der Waals surface area contributed by atoms with E-state index < -0.39 is 0 Å². The Kier molecular flexibility index (Phi) is 5.12. The number of rotatable bonds is 2. The Morgan fingerprint density at radius 2 is 2.00 bits per heavy atom. The van der Waals surface area contributed by atoms with Gasteiger partial charge in [0.1, 0.15) is 4.88 Å². The highest BCUT2D eigenvalue weighted by Gasteiger charge is 2.33. The summed E-state index contributed by atoms with van der Waals surface area (Å²) in [5.74, 6) is -0.277. The minimum atomic E-state index is -0.277. The first kappa shape index (κ1) is 14.2. The Balaban J connectivity index is 0.000000686. The number of aromatic nitrogens is 1. The van der Waals surface area contributed by atoms with Gasteiger partial charge in [0.15, 0.2) is 0 Å². The molecule has 2 rings (SSSR count). The van der Waals surface area contributed by atoms with Gasteiger partial charge in [-0.3, -0.25) is 0 Å². The summed E-state index contributed by atoms with van der Waals surface area (Å²) in [5.41, 5.74) is 0.191. The van der Waals surface area contributed by atoms with Gasteiger partial charge >= 0.3 is 5.97 Å². The third kappa shape index (κ3) is 3.06. The molecular weight excluding hydrogens is 234 g/mol. The van der Waals surface area contributed by atoms with Crippen molar-refractivity contribution >= 4 is 17.3 Å². The van der Waals surface area contributed by atoms with Crippen LogP contribution in [0.5, 0.6) is 0 Å². The first-order valence-corrected chi connectivity index (χ1v) is 7.02. The first-order valence-electron chi connectivity index (χ1n) is 6.20. The molecule has 1 aromatic rings. The standard InChI is InChI=1S/C11H15NO2S.C2H6/c1-11(5-3-4-6-11)10-12-7-8(15-10)9(13)14-2;1-2/h7H,3-6H2,1-2H3;1-2H3. The van der Waals surface area contributed by atoms with Gasteiger partial charge in [-0.05, 0) is 12.8 Å². The molecule has 0 spiro atoms. The second-order valence-electron chi connectivity index (χ2n) is 4.29. The maximum Gasteiger partial charge on any atom is 0.349 e. The van der Waals surface area contributed by atoms with E-state index in [1.807, 2.05) is 13.8 Å². The average molecular weight is 255 g/mol. The molecule has 17 heavy (non-hydrogen) atoms. The smallest absolute Gasteiger partial charge is 0.349 e. The van der Waals surface area contributed by atoms with E-state index in [2.05, 4.69) is 16.6 Å². The van der Waals surface area contributed by atoms with E-state index >= 15 is 0 Å². The van der Waals surface area contributed by atoms with Gasteiger partial charge in [-0.1, -0.05) is 33.6 Å². The van der Waals surface area contributed by atoms with Crippen molar-refractivity contribution in [3.05, 3.63) is 16.1 Å². The zero-order valence-electron chi connectivity index (χ0n) is 11.1. The second-order valence-corrected chi connectivity index (χ2v) is 5.32. The van der Waals surface area contributed by atoms with Crippen molar-refractivity contribution in [1.29, 1.82) is 0 Å². The van der Waals surface area contributed by atoms with Crippen LogP contribution in [0.15, 0.2) is 6.20 Å². The van der Waals surface area contributed by atoms with Gasteiger partial charge in [0.2, 0.25) is 0 Å². The number of ether oxygens (including phenoxy) is 1. The van der Waals surface area contributed by atoms with Crippen LogP contribution in [0.2, 0.25) is 0 Å². The Morgan fingerprint density at radius 3 is 2.53 bits per heavy atom. The maximum atomic E-state index is 11.3. The van der Waals surface area contributed by atoms with E-state index in [1.165, 1.54) is 44.1 Å². The SMILES string of the molecule is CC.COC(=O)c1cnc(C2(C)CCCC2)s1. The molecule has 0 radical (unpaired) electrons. The average Bonchev–Trinajstić information content (AvgIpc) is 3.00. The van der Waals surface area contributed by atoms with Crippen molar-refractivity contribution in [2.24, 2.45) is 0 Å². The molecule has 0 aliphatic heterocycles. The van der Waals surface area contributed by atoms with E-state index in [4.69, 9.17) is 0 Å². The van der Waals surface area contributed by atoms with Gasteiger partial charge in [-0.15, -0.1) is 11.3 Å². The van der Waals surface area contributed by atoms with E-state index in [9.17, 15) is 4.79 Å². The Bertz CT molecular complexity index is 367. The Hall–Kier alpha value is -0.900. The molecule has 0 atom stereocenters. The lowest BCUT2D eigenvalue weighted by atomic mass is 9.90. The lowest BCUT2D eigenvalue weighted by Gasteiger charge is -2.19. The van der Waals surface area contributed by atoms with E-state index in [1.54, 1.807) is 6.20 Å². The lowest BCUT2D eigenvalue weighted by Crippen LogP contribution is -2.15. The molecule has 1 aliphatic carbocycles. The van der Waals surface area contributed by atoms with Gasteiger partial charge in [0.05, 0.1) is 18.3 Å². The molecule has 3 nitrogen and oxygen atoms in total. The molecule has 1 fully saturated rings. The fourth-order valence-electron chi connectivity index (χ4n) is 2.12. The summed E-state index contributed by atoms with van der Waals surface area (Å²) in [5, 5.41) is 1.08. The largest absolute Gasteiger partial charge is 0.465 e. The zero-order valence-corrected chi connectivity index (χ0v) is 11.9. The van der Waals surface area contributed by atoms with Crippen molar-refractivity contribution in [2.45, 2.75) is 51.9 Å². The first-order chi connectivity index (χ1) is 8.15. The minimum absolute atomic E-state index is 0.191. The van der Waals surface area contributed by atoms with Crippen LogP contribution in [0.4, 0.5) is 0 Å². The van der Waals surface area contributed by atoms with Crippen LogP contribution < -0.4 is 0 Å². The number of esters is 1. The van der Waals surface area contributed by atoms with Gasteiger partial charge < -0.3 is 4.74 Å². The minimum Gasteiger partial charge on any atom is -0.465 e. The quantitative estimate of drug-likeness (QED) is 0.755. The molecule has 0 saturated heterocycles. The van der Waals surface area contributed by atoms with Crippen molar-refractivity contribution in [1.82, 2.24) is 4.98 Å². The van der Waals surface area contributed by atoms with E-state index in [0.29, 0.717) is 4.88 Å². The maximum absolute atomic E-state index is 11.3. The van der Waals surface area contributed by atoms with Gasteiger partial charge in [-0.25, -0.2) is 9.78 Å². The number of carbonyl (C=O) groups excluding carboxylic acids is 1. The van der Waals surface area contributed by atoms with E-state index in [-0.39, 0.29) is 11.4 Å². The second kappa shape index (κ2) is 6.15. The molecule has 0 amide bonds. The predicted octanol–water partition coefficient (Wildman–Crippen LogP) is 3.79. The highest BCUT2D eigenvalue weighted by Crippen LogP contribution is 2.42. The Labute approximate surface area is 107 Å². The molecule has 1 aliphatic rings. The zero-order chi connectivity index (χ0) is 12.9. The normalized spacial score (nSPS) is 17.2. The summed E-state index contributed by atoms with van der Waals surface area (Å²) in [4.78, 5) is 16.3. The fraction of sp³-hybridized carbons (Fsp3) is 0.692. The van der Waals surface area contributed by atoms with Crippen molar-refractivity contribution in [2.75, 3.05) is 7.11 Å². The molecule has 96 valence electrons. The summed E-state index contributed by atoms with van der Waals surface area (Å²) in [6.07, 6.45) is 6.53. The predicted molar refractivity (Wildman–Crippen MR) is 70.6 cm³/mol. The third-order valence-corrected chi connectivity index (χ3v) is 4.40. The molecule has 1 heterocycles. The van der Waals surface area contributed by atoms with E-state index in [0.717, 1.165) is 5.01 Å². The molecule has 4 heteroatoms. The molecule has 0 aromatic carbocycles. The van der Waals surface area contributed by atoms with Crippen molar-refractivity contribution in [3.63, 3.8) is 0 Å². The summed E-state index contributed by atoms with van der Waals surface area (Å²) in [6, 6.07) is 0. The van der Waals surface area contributed by atoms with Crippen LogP contribution in [0.25, 0.3) is 0 Å². The summed E-state index contributed by atoms with van der Waals surface area (Å²) >= 11 is 1.48. The van der Waals surface area contributed by atoms with Crippen LogP contribution >= 0.6 is 11.3 Å². The summed E-state index contributed by atoms with van der Waals surface area (Å²) < 4.78 is 4.68. The van der Waals surface area contributed by atoms with Crippen LogP contribution in [-0.2, 0) is 10.2 Å². The molecule has 1 aromatic heterocycles. The monoisotopic (exact) mass is 255 g/mol. The van der Waals surface area contributed by atoms with Crippen molar-refractivity contribution < 1.29 is 9.53 Å². The molecule has 0 N–H and O–H groups in total. The number of carbonyl (C=O) groups is 1. The fourth-order valence-corrected chi connectivity index (χ4v) is 3.15. The van der Waals surface area contributed by atoms with Gasteiger partial charge in [-0.2, -0.15) is 0 Å². The number of hydrogen-bond donors (Lipinski definition) is 0. The number of methoxy groups -OCH3 is 1. The number of thiazole rings is 1. The molecular formula is C13H21NO2S. The van der Waals surface area contributed by atoms with Crippen LogP contribution in [0, 0.1) is 0 Å². The van der Waals surface area contributed by atoms with Crippen LogP contribution in [-0.4, -0.2) is 18.1 Å². The number of hydrogen-bond acceptors (Lipinski definition) is 4. The van der Waals surface area contributed by atoms with Crippen LogP contribution in [0.1, 0.15) is 61.1 Å². The lowest BCUT2D eigenvalue weighted by molar-refractivity contribution is 0.0606. The summed E-state index contributed by atoms with van der Waals surface area (Å²) in [7, 11) is 1.40. The van der Waals surface area contributed by atoms with Gasteiger partial charge in [0, 0.05) is 5.41 Å². The highest BCUT2D eigenvalue weighted by atomic mass is 32.1. The third-order valence-electron chi connectivity index (χ3n) is 3.12. The number of nitrogens with zero attached hydrogens (tertiary/aromatic N) is 1. The molecule has 1 saturated carbocycles. The highest BCUT2D eigenvalue weighted by molar-refractivity contribution is 7.13.